The molecular weight excluding hydrogens is 183 g/mol. The first-order valence-electron chi connectivity index (χ1n) is 3.03. The Balaban J connectivity index is 0.000000217. The molecule has 0 fully saturated rings. The van der Waals surface area contributed by atoms with Crippen molar-refractivity contribution in [3.63, 3.8) is 0 Å². The van der Waals surface area contributed by atoms with Crippen LogP contribution >= 0.6 is 7.82 Å². The van der Waals surface area contributed by atoms with Gasteiger partial charge in [0.05, 0.1) is 5.69 Å². The van der Waals surface area contributed by atoms with Gasteiger partial charge in [-0.15, -0.1) is 0 Å². The SMILES string of the molecule is Cc1ccn(C)n1.O=P(O)(O)O. The average molecular weight is 194 g/mol. The molecule has 0 amide bonds. The molecule has 1 aromatic rings. The number of nitrogens with zero attached hydrogens (tertiary/aromatic N) is 2. The molecule has 70 valence electrons. The first-order chi connectivity index (χ1) is 5.29. The van der Waals surface area contributed by atoms with Gasteiger partial charge in [-0.05, 0) is 13.0 Å². The van der Waals surface area contributed by atoms with E-state index in [9.17, 15) is 0 Å². The second kappa shape index (κ2) is 4.37. The zero-order valence-electron chi connectivity index (χ0n) is 6.75. The van der Waals surface area contributed by atoms with Gasteiger partial charge in [0.1, 0.15) is 0 Å². The normalized spacial score (nSPS) is 10.4. The van der Waals surface area contributed by atoms with Crippen LogP contribution in [0.4, 0.5) is 0 Å². The van der Waals surface area contributed by atoms with E-state index in [2.05, 4.69) is 5.10 Å². The molecule has 0 radical (unpaired) electrons. The van der Waals surface area contributed by atoms with E-state index in [1.807, 2.05) is 26.2 Å². The Morgan fingerprint density at radius 2 is 1.92 bits per heavy atom. The minimum atomic E-state index is -4.64. The molecule has 0 aliphatic heterocycles. The van der Waals surface area contributed by atoms with Gasteiger partial charge in [-0.1, -0.05) is 0 Å². The van der Waals surface area contributed by atoms with Crippen LogP contribution in [0.2, 0.25) is 0 Å². The van der Waals surface area contributed by atoms with Crippen molar-refractivity contribution in [2.75, 3.05) is 0 Å². The number of phosphoric acid groups is 1. The van der Waals surface area contributed by atoms with Crippen LogP contribution in [0.15, 0.2) is 12.3 Å². The quantitative estimate of drug-likeness (QED) is 0.497. The van der Waals surface area contributed by atoms with Crippen molar-refractivity contribution in [1.29, 1.82) is 0 Å². The highest BCUT2D eigenvalue weighted by Crippen LogP contribution is 2.25. The van der Waals surface area contributed by atoms with Gasteiger partial charge in [-0.3, -0.25) is 4.68 Å². The topological polar surface area (TPSA) is 95.6 Å². The van der Waals surface area contributed by atoms with Crippen LogP contribution in [0.1, 0.15) is 5.69 Å². The van der Waals surface area contributed by atoms with Crippen LogP contribution in [0.25, 0.3) is 0 Å². The molecule has 0 aliphatic rings. The van der Waals surface area contributed by atoms with E-state index >= 15 is 0 Å². The van der Waals surface area contributed by atoms with Crippen LogP contribution in [-0.2, 0) is 11.6 Å². The summed E-state index contributed by atoms with van der Waals surface area (Å²) in [6.45, 7) is 1.97. The van der Waals surface area contributed by atoms with E-state index in [-0.39, 0.29) is 0 Å². The lowest BCUT2D eigenvalue weighted by Crippen LogP contribution is -1.86. The Kier molecular flexibility index (Phi) is 4.12. The van der Waals surface area contributed by atoms with Crippen LogP contribution in [0.5, 0.6) is 0 Å². The second-order valence-corrected chi connectivity index (χ2v) is 3.17. The van der Waals surface area contributed by atoms with Crippen LogP contribution < -0.4 is 0 Å². The Labute approximate surface area is 69.7 Å². The van der Waals surface area contributed by atoms with E-state index in [4.69, 9.17) is 19.2 Å². The van der Waals surface area contributed by atoms with Crippen LogP contribution in [0.3, 0.4) is 0 Å². The molecule has 3 N–H and O–H groups in total. The Bertz CT molecular complexity index is 254. The summed E-state index contributed by atoms with van der Waals surface area (Å²) in [5.41, 5.74) is 1.07. The Hall–Kier alpha value is -0.680. The second-order valence-electron chi connectivity index (χ2n) is 2.14. The molecule has 0 aliphatic carbocycles. The van der Waals surface area contributed by atoms with Gasteiger partial charge in [0.2, 0.25) is 0 Å². The number of hydrogen-bond donors (Lipinski definition) is 3. The van der Waals surface area contributed by atoms with Gasteiger partial charge in [0.25, 0.3) is 0 Å². The summed E-state index contributed by atoms with van der Waals surface area (Å²) in [6, 6.07) is 1.97. The van der Waals surface area contributed by atoms with Gasteiger partial charge in [0.15, 0.2) is 0 Å². The number of aromatic nitrogens is 2. The molecule has 0 bridgehead atoms. The van der Waals surface area contributed by atoms with Gasteiger partial charge in [0, 0.05) is 13.2 Å². The first kappa shape index (κ1) is 11.3. The molecule has 0 saturated heterocycles. The lowest BCUT2D eigenvalue weighted by atomic mass is 10.5. The van der Waals surface area contributed by atoms with Crippen molar-refractivity contribution in [1.82, 2.24) is 9.78 Å². The minimum Gasteiger partial charge on any atom is -0.303 e. The number of rotatable bonds is 0. The largest absolute Gasteiger partial charge is 0.466 e. The van der Waals surface area contributed by atoms with Crippen molar-refractivity contribution in [2.45, 2.75) is 6.92 Å². The molecule has 0 saturated carbocycles. The van der Waals surface area contributed by atoms with Crippen LogP contribution in [-0.4, -0.2) is 24.5 Å². The van der Waals surface area contributed by atoms with Gasteiger partial charge in [-0.25, -0.2) is 4.57 Å². The van der Waals surface area contributed by atoms with E-state index in [0.717, 1.165) is 5.69 Å². The number of aryl methyl sites for hydroxylation is 2. The molecule has 1 heterocycles. The highest BCUT2D eigenvalue weighted by molar-refractivity contribution is 7.45. The average Bonchev–Trinajstić information content (AvgIpc) is 2.09. The molecule has 7 heteroatoms. The standard InChI is InChI=1S/C5H8N2.H3O4P/c1-5-3-4-7(2)6-5;1-5(2,3)4/h3-4H,1-2H3;(H3,1,2,3,4). The maximum absolute atomic E-state index is 8.88. The third kappa shape index (κ3) is 9.32. The van der Waals surface area contributed by atoms with Crippen molar-refractivity contribution in [3.8, 4) is 0 Å². The highest BCUT2D eigenvalue weighted by atomic mass is 31.2. The van der Waals surface area contributed by atoms with E-state index < -0.39 is 7.82 Å². The molecule has 0 aromatic carbocycles. The summed E-state index contributed by atoms with van der Waals surface area (Å²) >= 11 is 0. The van der Waals surface area contributed by atoms with Crippen molar-refractivity contribution < 1.29 is 19.2 Å². The summed E-state index contributed by atoms with van der Waals surface area (Å²) in [6.07, 6.45) is 1.93. The fourth-order valence-electron chi connectivity index (χ4n) is 0.531. The van der Waals surface area contributed by atoms with Crippen molar-refractivity contribution in [3.05, 3.63) is 18.0 Å². The Morgan fingerprint density at radius 3 is 2.00 bits per heavy atom. The maximum Gasteiger partial charge on any atom is 0.466 e. The predicted molar refractivity (Wildman–Crippen MR) is 42.2 cm³/mol. The molecule has 6 nitrogen and oxygen atoms in total. The fourth-order valence-corrected chi connectivity index (χ4v) is 0.531. The Morgan fingerprint density at radius 1 is 1.50 bits per heavy atom. The molecule has 0 spiro atoms. The van der Waals surface area contributed by atoms with Gasteiger partial charge in [-0.2, -0.15) is 5.10 Å². The zero-order chi connectivity index (χ0) is 9.78. The van der Waals surface area contributed by atoms with E-state index in [1.165, 1.54) is 0 Å². The lowest BCUT2D eigenvalue weighted by molar-refractivity contribution is 0.275. The number of hydrogen-bond acceptors (Lipinski definition) is 2. The molecule has 1 aromatic heterocycles. The molecule has 0 unspecified atom stereocenters. The third-order valence-corrected chi connectivity index (χ3v) is 0.847. The van der Waals surface area contributed by atoms with E-state index in [0.29, 0.717) is 0 Å². The zero-order valence-corrected chi connectivity index (χ0v) is 7.64. The minimum absolute atomic E-state index is 1.07. The van der Waals surface area contributed by atoms with E-state index in [1.54, 1.807) is 4.68 Å². The predicted octanol–water partition coefficient (Wildman–Crippen LogP) is -0.200. The lowest BCUT2D eigenvalue weighted by Gasteiger charge is -1.82. The fraction of sp³-hybridized carbons (Fsp3) is 0.400. The molecular formula is C5H11N2O4P. The molecule has 0 atom stereocenters. The van der Waals surface area contributed by atoms with Crippen molar-refractivity contribution >= 4 is 7.82 Å². The summed E-state index contributed by atoms with van der Waals surface area (Å²) < 4.78 is 10.7. The van der Waals surface area contributed by atoms with Crippen LogP contribution in [0, 0.1) is 6.92 Å². The summed E-state index contributed by atoms with van der Waals surface area (Å²) in [5.74, 6) is 0. The monoisotopic (exact) mass is 194 g/mol. The third-order valence-electron chi connectivity index (χ3n) is 0.847. The summed E-state index contributed by atoms with van der Waals surface area (Å²) in [4.78, 5) is 21.6. The smallest absolute Gasteiger partial charge is 0.303 e. The van der Waals surface area contributed by atoms with Crippen molar-refractivity contribution in [2.24, 2.45) is 7.05 Å². The first-order valence-corrected chi connectivity index (χ1v) is 4.60. The van der Waals surface area contributed by atoms with Gasteiger partial charge < -0.3 is 14.7 Å². The molecule has 12 heavy (non-hydrogen) atoms. The maximum atomic E-state index is 8.88. The summed E-state index contributed by atoms with van der Waals surface area (Å²) in [5, 5.41) is 4.03. The molecule has 1 rings (SSSR count). The summed E-state index contributed by atoms with van der Waals surface area (Å²) in [7, 11) is -2.73. The highest BCUT2D eigenvalue weighted by Gasteiger charge is 2.00. The van der Waals surface area contributed by atoms with Gasteiger partial charge >= 0.3 is 7.82 Å².